The normalized spacial score (nSPS) is 11.4. The summed E-state index contributed by atoms with van der Waals surface area (Å²) >= 11 is 0. The molecule has 0 bridgehead atoms. The standard InChI is InChI=1S/C20H27N3O3S/c1-4-5-6-15-23(16(2)3)20(24)17-7-9-19(10-8-17)27(25,26)22-18-11-13-21-14-12-18/h7-14,16H,4-6,15H2,1-3H3,(H,21,22). The highest BCUT2D eigenvalue weighted by Crippen LogP contribution is 2.17. The lowest BCUT2D eigenvalue weighted by Gasteiger charge is -2.27. The summed E-state index contributed by atoms with van der Waals surface area (Å²) in [5, 5.41) is 0. The average molecular weight is 390 g/mol. The quantitative estimate of drug-likeness (QED) is 0.659. The lowest BCUT2D eigenvalue weighted by Crippen LogP contribution is -2.37. The Hall–Kier alpha value is -2.41. The zero-order valence-electron chi connectivity index (χ0n) is 16.1. The summed E-state index contributed by atoms with van der Waals surface area (Å²) in [6.07, 6.45) is 6.16. The minimum atomic E-state index is -3.71. The Kier molecular flexibility index (Phi) is 7.36. The SMILES string of the molecule is CCCCCN(C(=O)c1ccc(S(=O)(=O)Nc2ccncc2)cc1)C(C)C. The number of rotatable bonds is 9. The molecule has 7 heteroatoms. The summed E-state index contributed by atoms with van der Waals surface area (Å²) in [6.45, 7) is 6.80. The first-order chi connectivity index (χ1) is 12.8. The number of nitrogens with one attached hydrogen (secondary N) is 1. The summed E-state index contributed by atoms with van der Waals surface area (Å²) < 4.78 is 27.4. The number of nitrogens with zero attached hydrogens (tertiary/aromatic N) is 2. The number of pyridine rings is 1. The van der Waals surface area contributed by atoms with Gasteiger partial charge < -0.3 is 4.90 Å². The lowest BCUT2D eigenvalue weighted by molar-refractivity contribution is 0.0702. The van der Waals surface area contributed by atoms with Crippen LogP contribution in [0.25, 0.3) is 0 Å². The van der Waals surface area contributed by atoms with Crippen molar-refractivity contribution in [2.24, 2.45) is 0 Å². The van der Waals surface area contributed by atoms with Crippen LogP contribution < -0.4 is 4.72 Å². The van der Waals surface area contributed by atoms with Gasteiger partial charge in [0.15, 0.2) is 0 Å². The number of carbonyl (C=O) groups is 1. The maximum absolute atomic E-state index is 12.8. The molecule has 1 heterocycles. The van der Waals surface area contributed by atoms with E-state index in [0.29, 0.717) is 17.8 Å². The Morgan fingerprint density at radius 1 is 1.07 bits per heavy atom. The molecule has 146 valence electrons. The zero-order valence-corrected chi connectivity index (χ0v) is 16.9. The van der Waals surface area contributed by atoms with Gasteiger partial charge in [-0.25, -0.2) is 8.42 Å². The summed E-state index contributed by atoms with van der Waals surface area (Å²) in [5.74, 6) is -0.0767. The average Bonchev–Trinajstić information content (AvgIpc) is 2.65. The van der Waals surface area contributed by atoms with Crippen LogP contribution in [0, 0.1) is 0 Å². The van der Waals surface area contributed by atoms with E-state index < -0.39 is 10.0 Å². The van der Waals surface area contributed by atoms with Crippen LogP contribution in [0.3, 0.4) is 0 Å². The summed E-state index contributed by atoms with van der Waals surface area (Å²) in [7, 11) is -3.71. The van der Waals surface area contributed by atoms with Crippen LogP contribution in [0.15, 0.2) is 53.7 Å². The van der Waals surface area contributed by atoms with Gasteiger partial charge >= 0.3 is 0 Å². The minimum Gasteiger partial charge on any atom is -0.336 e. The molecule has 0 saturated carbocycles. The van der Waals surface area contributed by atoms with Crippen LogP contribution in [0.4, 0.5) is 5.69 Å². The van der Waals surface area contributed by atoms with Crippen molar-refractivity contribution in [2.45, 2.75) is 51.0 Å². The summed E-state index contributed by atoms with van der Waals surface area (Å²) in [4.78, 5) is 18.6. The van der Waals surface area contributed by atoms with Crippen LogP contribution in [-0.2, 0) is 10.0 Å². The number of carbonyl (C=O) groups excluding carboxylic acids is 1. The molecule has 0 unspecified atom stereocenters. The largest absolute Gasteiger partial charge is 0.336 e. The van der Waals surface area contributed by atoms with Crippen molar-refractivity contribution in [3.63, 3.8) is 0 Å². The van der Waals surface area contributed by atoms with E-state index in [9.17, 15) is 13.2 Å². The van der Waals surface area contributed by atoms with E-state index in [1.165, 1.54) is 24.5 Å². The van der Waals surface area contributed by atoms with E-state index in [0.717, 1.165) is 19.3 Å². The molecule has 0 aliphatic carbocycles. The van der Waals surface area contributed by atoms with Gasteiger partial charge in [-0.1, -0.05) is 19.8 Å². The molecule has 0 radical (unpaired) electrons. The van der Waals surface area contributed by atoms with Crippen LogP contribution in [0.5, 0.6) is 0 Å². The Labute approximate surface area is 161 Å². The topological polar surface area (TPSA) is 79.4 Å². The molecular weight excluding hydrogens is 362 g/mol. The molecular formula is C20H27N3O3S. The molecule has 0 saturated heterocycles. The smallest absolute Gasteiger partial charge is 0.261 e. The molecule has 0 fully saturated rings. The fourth-order valence-electron chi connectivity index (χ4n) is 2.70. The van der Waals surface area contributed by atoms with Gasteiger partial charge in [0.2, 0.25) is 0 Å². The van der Waals surface area contributed by atoms with Gasteiger partial charge in [-0.15, -0.1) is 0 Å². The molecule has 2 rings (SSSR count). The second kappa shape index (κ2) is 9.50. The summed E-state index contributed by atoms with van der Waals surface area (Å²) in [5.41, 5.74) is 0.926. The van der Waals surface area contributed by atoms with Crippen molar-refractivity contribution in [2.75, 3.05) is 11.3 Å². The monoisotopic (exact) mass is 389 g/mol. The van der Waals surface area contributed by atoms with Crippen molar-refractivity contribution in [3.8, 4) is 0 Å². The third-order valence-electron chi connectivity index (χ3n) is 4.23. The Morgan fingerprint density at radius 3 is 2.26 bits per heavy atom. The number of aromatic nitrogens is 1. The van der Waals surface area contributed by atoms with Gasteiger partial charge in [-0.3, -0.25) is 14.5 Å². The fourth-order valence-corrected chi connectivity index (χ4v) is 3.76. The number of hydrogen-bond donors (Lipinski definition) is 1. The predicted molar refractivity (Wildman–Crippen MR) is 107 cm³/mol. The zero-order chi connectivity index (χ0) is 19.9. The molecule has 0 aliphatic rings. The Balaban J connectivity index is 2.14. The third kappa shape index (κ3) is 5.79. The highest BCUT2D eigenvalue weighted by molar-refractivity contribution is 7.92. The van der Waals surface area contributed by atoms with Crippen molar-refractivity contribution in [1.82, 2.24) is 9.88 Å². The van der Waals surface area contributed by atoms with E-state index in [2.05, 4.69) is 16.6 Å². The molecule has 2 aromatic rings. The van der Waals surface area contributed by atoms with Gasteiger partial charge in [-0.05, 0) is 56.7 Å². The Morgan fingerprint density at radius 2 is 1.70 bits per heavy atom. The Bertz CT molecular complexity index is 835. The fraction of sp³-hybridized carbons (Fsp3) is 0.400. The molecule has 0 aliphatic heterocycles. The lowest BCUT2D eigenvalue weighted by atomic mass is 10.1. The van der Waals surface area contributed by atoms with Gasteiger partial charge in [-0.2, -0.15) is 0 Å². The van der Waals surface area contributed by atoms with E-state index in [4.69, 9.17) is 0 Å². The highest BCUT2D eigenvalue weighted by atomic mass is 32.2. The maximum atomic E-state index is 12.8. The van der Waals surface area contributed by atoms with Crippen LogP contribution in [0.2, 0.25) is 0 Å². The van der Waals surface area contributed by atoms with Gasteiger partial charge in [0, 0.05) is 30.5 Å². The number of sulfonamides is 1. The number of unbranched alkanes of at least 4 members (excludes halogenated alkanes) is 2. The second-order valence-electron chi connectivity index (χ2n) is 6.67. The van der Waals surface area contributed by atoms with Gasteiger partial charge in [0.1, 0.15) is 0 Å². The maximum Gasteiger partial charge on any atom is 0.261 e. The first kappa shape index (κ1) is 20.9. The van der Waals surface area contributed by atoms with E-state index in [1.54, 1.807) is 24.3 Å². The van der Waals surface area contributed by atoms with Gasteiger partial charge in [0.05, 0.1) is 10.6 Å². The summed E-state index contributed by atoms with van der Waals surface area (Å²) in [6, 6.07) is 9.30. The van der Waals surface area contributed by atoms with Gasteiger partial charge in [0.25, 0.3) is 15.9 Å². The van der Waals surface area contributed by atoms with E-state index in [-0.39, 0.29) is 16.8 Å². The van der Waals surface area contributed by atoms with Crippen LogP contribution >= 0.6 is 0 Å². The first-order valence-corrected chi connectivity index (χ1v) is 10.7. The molecule has 1 aromatic heterocycles. The van der Waals surface area contributed by atoms with E-state index in [1.807, 2.05) is 18.7 Å². The molecule has 6 nitrogen and oxygen atoms in total. The first-order valence-electron chi connectivity index (χ1n) is 9.19. The molecule has 1 amide bonds. The van der Waals surface area contributed by atoms with Crippen molar-refractivity contribution in [3.05, 3.63) is 54.4 Å². The number of benzene rings is 1. The van der Waals surface area contributed by atoms with Crippen molar-refractivity contribution in [1.29, 1.82) is 0 Å². The van der Waals surface area contributed by atoms with Crippen LogP contribution in [-0.4, -0.2) is 36.8 Å². The minimum absolute atomic E-state index is 0.0767. The van der Waals surface area contributed by atoms with Crippen molar-refractivity contribution < 1.29 is 13.2 Å². The van der Waals surface area contributed by atoms with E-state index >= 15 is 0 Å². The number of anilines is 1. The number of amides is 1. The highest BCUT2D eigenvalue weighted by Gasteiger charge is 2.20. The van der Waals surface area contributed by atoms with Crippen LogP contribution in [0.1, 0.15) is 50.4 Å². The molecule has 0 atom stereocenters. The molecule has 1 aromatic carbocycles. The molecule has 1 N–H and O–H groups in total. The van der Waals surface area contributed by atoms with Crippen molar-refractivity contribution >= 4 is 21.6 Å². The molecule has 27 heavy (non-hydrogen) atoms. The third-order valence-corrected chi connectivity index (χ3v) is 5.63. The number of hydrogen-bond acceptors (Lipinski definition) is 4. The predicted octanol–water partition coefficient (Wildman–Crippen LogP) is 3.92. The molecule has 0 spiro atoms. The second-order valence-corrected chi connectivity index (χ2v) is 8.35.